The van der Waals surface area contributed by atoms with E-state index >= 15 is 0 Å². The number of nitrogens with one attached hydrogen (secondary N) is 1. The number of hydrogen-bond acceptors (Lipinski definition) is 3. The fourth-order valence-corrected chi connectivity index (χ4v) is 4.17. The second kappa shape index (κ2) is 8.13. The Morgan fingerprint density at radius 1 is 1.04 bits per heavy atom. The molecule has 0 aliphatic carbocycles. The molecule has 3 aromatic rings. The van der Waals surface area contributed by atoms with Gasteiger partial charge in [-0.1, -0.05) is 48.5 Å². The van der Waals surface area contributed by atoms with E-state index in [0.717, 1.165) is 28.2 Å². The van der Waals surface area contributed by atoms with Crippen LogP contribution in [-0.4, -0.2) is 16.6 Å². The Bertz CT molecular complexity index is 1010. The van der Waals surface area contributed by atoms with E-state index in [1.807, 2.05) is 19.1 Å². The Morgan fingerprint density at radius 3 is 2.56 bits per heavy atom. The van der Waals surface area contributed by atoms with Gasteiger partial charge in [0.1, 0.15) is 0 Å². The summed E-state index contributed by atoms with van der Waals surface area (Å²) >= 11 is 1.49. The molecule has 3 rings (SSSR count). The summed E-state index contributed by atoms with van der Waals surface area (Å²) in [6, 6.07) is 12.5. The number of amides is 1. The quantitative estimate of drug-likeness (QED) is 0.574. The van der Waals surface area contributed by atoms with Gasteiger partial charge in [-0.05, 0) is 68.5 Å². The number of nitrogens with zero attached hydrogens (tertiary/aromatic N) is 1. The van der Waals surface area contributed by atoms with Gasteiger partial charge in [-0.3, -0.25) is 4.79 Å². The van der Waals surface area contributed by atoms with Gasteiger partial charge in [-0.25, -0.2) is 4.98 Å². The summed E-state index contributed by atoms with van der Waals surface area (Å²) in [7, 11) is 0. The lowest BCUT2D eigenvalue weighted by molar-refractivity contribution is -0.113. The number of benzene rings is 2. The van der Waals surface area contributed by atoms with Crippen molar-refractivity contribution in [1.29, 1.82) is 0 Å². The third kappa shape index (κ3) is 4.33. The zero-order valence-corrected chi connectivity index (χ0v) is 17.5. The Morgan fingerprint density at radius 2 is 1.81 bits per heavy atom. The van der Waals surface area contributed by atoms with Gasteiger partial charge >= 0.3 is 0 Å². The molecule has 2 aromatic carbocycles. The molecule has 0 spiro atoms. The third-order valence-corrected chi connectivity index (χ3v) is 5.70. The van der Waals surface area contributed by atoms with Gasteiger partial charge in [0, 0.05) is 11.1 Å². The largest absolute Gasteiger partial charge is 0.325 e. The van der Waals surface area contributed by atoms with Crippen LogP contribution in [0.4, 0.5) is 5.69 Å². The van der Waals surface area contributed by atoms with Crippen LogP contribution in [0.15, 0.2) is 41.4 Å². The smallest absolute Gasteiger partial charge is 0.234 e. The minimum Gasteiger partial charge on any atom is -0.325 e. The molecule has 0 fully saturated rings. The van der Waals surface area contributed by atoms with Crippen molar-refractivity contribution in [1.82, 2.24) is 4.98 Å². The molecule has 0 saturated carbocycles. The molecule has 0 unspecified atom stereocenters. The van der Waals surface area contributed by atoms with Gasteiger partial charge in [-0.15, -0.1) is 0 Å². The lowest BCUT2D eigenvalue weighted by Crippen LogP contribution is -2.16. The molecule has 0 saturated heterocycles. The maximum Gasteiger partial charge on any atom is 0.234 e. The molecule has 0 aliphatic heterocycles. The van der Waals surface area contributed by atoms with Gasteiger partial charge in [0.15, 0.2) is 0 Å². The molecule has 140 valence electrons. The zero-order valence-electron chi connectivity index (χ0n) is 16.6. The Labute approximate surface area is 165 Å². The second-order valence-corrected chi connectivity index (χ2v) is 8.05. The van der Waals surface area contributed by atoms with Crippen LogP contribution < -0.4 is 5.32 Å². The molecule has 1 heterocycles. The van der Waals surface area contributed by atoms with Crippen molar-refractivity contribution in [3.63, 3.8) is 0 Å². The van der Waals surface area contributed by atoms with Crippen molar-refractivity contribution in [3.8, 4) is 0 Å². The zero-order chi connectivity index (χ0) is 19.6. The maximum absolute atomic E-state index is 12.5. The molecule has 4 heteroatoms. The molecular weight excluding hydrogens is 352 g/mol. The van der Waals surface area contributed by atoms with E-state index < -0.39 is 0 Å². The molecule has 0 aliphatic rings. The normalized spacial score (nSPS) is 11.0. The first-order valence-corrected chi connectivity index (χ1v) is 10.3. The monoisotopic (exact) mass is 378 g/mol. The molecule has 0 atom stereocenters. The predicted molar refractivity (Wildman–Crippen MR) is 116 cm³/mol. The number of fused-ring (bicyclic) bond motifs is 1. The van der Waals surface area contributed by atoms with Crippen molar-refractivity contribution in [2.45, 2.75) is 46.1 Å². The van der Waals surface area contributed by atoms with Crippen LogP contribution in [0, 0.1) is 27.7 Å². The summed E-state index contributed by atoms with van der Waals surface area (Å²) in [5.41, 5.74) is 7.84. The van der Waals surface area contributed by atoms with Crippen molar-refractivity contribution >= 4 is 34.3 Å². The number of rotatable bonds is 5. The lowest BCUT2D eigenvalue weighted by Gasteiger charge is -2.13. The average Bonchev–Trinajstić information content (AvgIpc) is 2.62. The highest BCUT2D eigenvalue weighted by atomic mass is 32.2. The molecule has 27 heavy (non-hydrogen) atoms. The summed E-state index contributed by atoms with van der Waals surface area (Å²) in [5, 5.41) is 5.16. The van der Waals surface area contributed by atoms with Gasteiger partial charge in [-0.2, -0.15) is 0 Å². The molecule has 3 nitrogen and oxygen atoms in total. The van der Waals surface area contributed by atoms with E-state index in [0.29, 0.717) is 5.75 Å². The van der Waals surface area contributed by atoms with Crippen molar-refractivity contribution in [2.24, 2.45) is 0 Å². The highest BCUT2D eigenvalue weighted by Gasteiger charge is 2.11. The van der Waals surface area contributed by atoms with Crippen molar-refractivity contribution in [2.75, 3.05) is 11.1 Å². The fourth-order valence-electron chi connectivity index (χ4n) is 3.41. The first-order chi connectivity index (χ1) is 12.9. The standard InChI is InChI=1S/C23H26N2OS/c1-6-18-9-7-8-15(3)22(18)24-20(26)13-27-21-12-16(4)19-11-14(2)10-17(5)23(19)25-21/h7-12H,6,13H2,1-5H3,(H,24,26). The summed E-state index contributed by atoms with van der Waals surface area (Å²) < 4.78 is 0. The van der Waals surface area contributed by atoms with E-state index in [-0.39, 0.29) is 5.91 Å². The SMILES string of the molecule is CCc1cccc(C)c1NC(=O)CSc1cc(C)c2cc(C)cc(C)c2n1. The first kappa shape index (κ1) is 19.4. The average molecular weight is 379 g/mol. The van der Waals surface area contributed by atoms with Crippen LogP contribution in [0.25, 0.3) is 10.9 Å². The summed E-state index contributed by atoms with van der Waals surface area (Å²) in [4.78, 5) is 17.3. The number of carbonyl (C=O) groups is 1. The number of thioether (sulfide) groups is 1. The molecule has 0 radical (unpaired) electrons. The fraction of sp³-hybridized carbons (Fsp3) is 0.304. The maximum atomic E-state index is 12.5. The van der Waals surface area contributed by atoms with Crippen molar-refractivity contribution < 1.29 is 4.79 Å². The number of para-hydroxylation sites is 1. The van der Waals surface area contributed by atoms with E-state index in [1.54, 1.807) is 0 Å². The van der Waals surface area contributed by atoms with Crippen molar-refractivity contribution in [3.05, 3.63) is 64.2 Å². The highest BCUT2D eigenvalue weighted by Crippen LogP contribution is 2.27. The van der Waals surface area contributed by atoms with Gasteiger partial charge in [0.25, 0.3) is 0 Å². The summed E-state index contributed by atoms with van der Waals surface area (Å²) in [6.07, 6.45) is 0.897. The highest BCUT2D eigenvalue weighted by molar-refractivity contribution is 7.99. The first-order valence-electron chi connectivity index (χ1n) is 9.28. The Hall–Kier alpha value is -2.33. The topological polar surface area (TPSA) is 42.0 Å². The van der Waals surface area contributed by atoms with Gasteiger partial charge in [0.2, 0.25) is 5.91 Å². The van der Waals surface area contributed by atoms with Crippen LogP contribution in [0.5, 0.6) is 0 Å². The number of hydrogen-bond donors (Lipinski definition) is 1. The molecule has 1 aromatic heterocycles. The number of anilines is 1. The third-order valence-electron chi connectivity index (χ3n) is 4.79. The number of aromatic nitrogens is 1. The summed E-state index contributed by atoms with van der Waals surface area (Å²) in [5.74, 6) is 0.351. The predicted octanol–water partition coefficient (Wildman–Crippen LogP) is 5.76. The number of carbonyl (C=O) groups excluding carboxylic acids is 1. The second-order valence-electron chi connectivity index (χ2n) is 7.05. The lowest BCUT2D eigenvalue weighted by atomic mass is 10.0. The molecule has 1 N–H and O–H groups in total. The van der Waals surface area contributed by atoms with Crippen LogP contribution in [-0.2, 0) is 11.2 Å². The van der Waals surface area contributed by atoms with Crippen LogP contribution in [0.2, 0.25) is 0 Å². The van der Waals surface area contributed by atoms with Gasteiger partial charge < -0.3 is 5.32 Å². The van der Waals surface area contributed by atoms with Crippen LogP contribution in [0.1, 0.15) is 34.7 Å². The van der Waals surface area contributed by atoms with Crippen LogP contribution in [0.3, 0.4) is 0 Å². The van der Waals surface area contributed by atoms with E-state index in [2.05, 4.69) is 57.3 Å². The minimum absolute atomic E-state index is 0.00387. The van der Waals surface area contributed by atoms with Gasteiger partial charge in [0.05, 0.1) is 16.3 Å². The molecule has 0 bridgehead atoms. The van der Waals surface area contributed by atoms with E-state index in [9.17, 15) is 4.79 Å². The van der Waals surface area contributed by atoms with E-state index in [4.69, 9.17) is 4.98 Å². The molecule has 1 amide bonds. The number of aryl methyl sites for hydroxylation is 5. The molecular formula is C23H26N2OS. The Balaban J connectivity index is 1.76. The number of pyridine rings is 1. The Kier molecular flexibility index (Phi) is 5.85. The van der Waals surface area contributed by atoms with Crippen LogP contribution >= 0.6 is 11.8 Å². The minimum atomic E-state index is 0.00387. The van der Waals surface area contributed by atoms with E-state index in [1.165, 1.54) is 39.4 Å². The summed E-state index contributed by atoms with van der Waals surface area (Å²) in [6.45, 7) is 10.4.